The molecule has 0 aliphatic carbocycles. The van der Waals surface area contributed by atoms with Gasteiger partial charge in [-0.2, -0.15) is 0 Å². The van der Waals surface area contributed by atoms with Gasteiger partial charge in [0.05, 0.1) is 5.69 Å². The van der Waals surface area contributed by atoms with Gasteiger partial charge in [-0.15, -0.1) is 0 Å². The van der Waals surface area contributed by atoms with Crippen LogP contribution in [0.4, 0.5) is 0 Å². The minimum absolute atomic E-state index is 0.211. The Morgan fingerprint density at radius 3 is 2.65 bits per heavy atom. The molecule has 1 aliphatic rings. The zero-order chi connectivity index (χ0) is 13.9. The number of rotatable bonds is 3. The predicted molar refractivity (Wildman–Crippen MR) is 81.4 cm³/mol. The second kappa shape index (κ2) is 5.73. The number of hydrogen-bond donors (Lipinski definition) is 1. The van der Waals surface area contributed by atoms with E-state index in [0.717, 1.165) is 25.3 Å². The van der Waals surface area contributed by atoms with Crippen molar-refractivity contribution < 1.29 is 0 Å². The Morgan fingerprint density at radius 2 is 1.95 bits per heavy atom. The molecule has 0 saturated carbocycles. The molecular formula is C17H21N3. The van der Waals surface area contributed by atoms with Crippen molar-refractivity contribution in [3.8, 4) is 0 Å². The quantitative estimate of drug-likeness (QED) is 0.928. The van der Waals surface area contributed by atoms with Gasteiger partial charge in [0.15, 0.2) is 0 Å². The largest absolute Gasteiger partial charge is 0.326 e. The maximum atomic E-state index is 6.32. The van der Waals surface area contributed by atoms with Gasteiger partial charge in [-0.25, -0.2) is 0 Å². The highest BCUT2D eigenvalue weighted by Gasteiger charge is 2.31. The van der Waals surface area contributed by atoms with Crippen molar-refractivity contribution in [2.45, 2.75) is 25.4 Å². The first-order chi connectivity index (χ1) is 9.72. The molecule has 20 heavy (non-hydrogen) atoms. The normalized spacial score (nSPS) is 23.1. The summed E-state index contributed by atoms with van der Waals surface area (Å²) in [5.41, 5.74) is 9.99. The number of benzene rings is 1. The van der Waals surface area contributed by atoms with Crippen LogP contribution in [0.5, 0.6) is 0 Å². The molecule has 2 N–H and O–H groups in total. The van der Waals surface area contributed by atoms with E-state index < -0.39 is 0 Å². The molecule has 0 bridgehead atoms. The maximum Gasteiger partial charge on any atom is 0.0544 e. The Bertz CT molecular complexity index is 550. The summed E-state index contributed by atoms with van der Waals surface area (Å²) in [6.45, 7) is 4.90. The van der Waals surface area contributed by atoms with Crippen LogP contribution in [0.2, 0.25) is 0 Å². The summed E-state index contributed by atoms with van der Waals surface area (Å²) in [6.07, 6.45) is 1.93. The summed E-state index contributed by atoms with van der Waals surface area (Å²) in [7, 11) is 0. The number of hydrogen-bond acceptors (Lipinski definition) is 3. The van der Waals surface area contributed by atoms with E-state index in [4.69, 9.17) is 5.73 Å². The summed E-state index contributed by atoms with van der Waals surface area (Å²) < 4.78 is 0. The lowest BCUT2D eigenvalue weighted by molar-refractivity contribution is 0.319. The number of nitrogens with zero attached hydrogens (tertiary/aromatic N) is 2. The molecule has 104 valence electrons. The van der Waals surface area contributed by atoms with Crippen LogP contribution in [0.25, 0.3) is 0 Å². The minimum Gasteiger partial charge on any atom is -0.326 e. The van der Waals surface area contributed by atoms with Gasteiger partial charge in [0, 0.05) is 37.8 Å². The fraction of sp³-hybridized carbons (Fsp3) is 0.353. The molecule has 3 rings (SSSR count). The predicted octanol–water partition coefficient (Wildman–Crippen LogP) is 2.32. The van der Waals surface area contributed by atoms with Gasteiger partial charge in [-0.3, -0.25) is 9.88 Å². The van der Waals surface area contributed by atoms with Crippen molar-refractivity contribution in [2.24, 2.45) is 5.73 Å². The SMILES string of the molecule is Cc1ccc(CN2C[C@@H](N)[C@H](c3ccccc3)C2)nc1. The van der Waals surface area contributed by atoms with Crippen molar-refractivity contribution >= 4 is 0 Å². The summed E-state index contributed by atoms with van der Waals surface area (Å²) in [5, 5.41) is 0. The molecule has 0 amide bonds. The van der Waals surface area contributed by atoms with Gasteiger partial charge in [-0.05, 0) is 24.1 Å². The lowest BCUT2D eigenvalue weighted by Crippen LogP contribution is -2.28. The molecule has 1 fully saturated rings. The monoisotopic (exact) mass is 267 g/mol. The van der Waals surface area contributed by atoms with Gasteiger partial charge in [-0.1, -0.05) is 36.4 Å². The second-order valence-corrected chi connectivity index (χ2v) is 5.70. The van der Waals surface area contributed by atoms with E-state index in [-0.39, 0.29) is 6.04 Å². The van der Waals surface area contributed by atoms with E-state index in [2.05, 4.69) is 59.3 Å². The lowest BCUT2D eigenvalue weighted by Gasteiger charge is -2.15. The van der Waals surface area contributed by atoms with Crippen LogP contribution in [0, 0.1) is 6.92 Å². The summed E-state index contributed by atoms with van der Waals surface area (Å²) >= 11 is 0. The fourth-order valence-corrected chi connectivity index (χ4v) is 2.92. The van der Waals surface area contributed by atoms with E-state index >= 15 is 0 Å². The van der Waals surface area contributed by atoms with Gasteiger partial charge in [0.1, 0.15) is 0 Å². The Hall–Kier alpha value is -1.71. The third kappa shape index (κ3) is 2.89. The zero-order valence-corrected chi connectivity index (χ0v) is 11.9. The molecule has 1 aromatic heterocycles. The maximum absolute atomic E-state index is 6.32. The molecule has 0 unspecified atom stereocenters. The van der Waals surface area contributed by atoms with E-state index in [1.54, 1.807) is 0 Å². The molecule has 3 heteroatoms. The number of pyridine rings is 1. The Balaban J connectivity index is 1.68. The zero-order valence-electron chi connectivity index (χ0n) is 11.9. The van der Waals surface area contributed by atoms with Crippen molar-refractivity contribution in [3.63, 3.8) is 0 Å². The third-order valence-electron chi connectivity index (χ3n) is 4.03. The standard InChI is InChI=1S/C17H21N3/c1-13-7-8-15(19-9-13)10-20-11-16(17(18)12-20)14-5-3-2-4-6-14/h2-9,16-17H,10-12,18H2,1H3/t16-,17+/m0/s1. The number of nitrogens with two attached hydrogens (primary N) is 1. The van der Waals surface area contributed by atoms with E-state index in [1.807, 2.05) is 6.20 Å². The average Bonchev–Trinajstić information content (AvgIpc) is 2.83. The Morgan fingerprint density at radius 1 is 1.15 bits per heavy atom. The van der Waals surface area contributed by atoms with E-state index in [9.17, 15) is 0 Å². The molecule has 0 radical (unpaired) electrons. The average molecular weight is 267 g/mol. The number of likely N-dealkylation sites (tertiary alicyclic amines) is 1. The van der Waals surface area contributed by atoms with Crippen molar-refractivity contribution in [1.82, 2.24) is 9.88 Å². The first kappa shape index (κ1) is 13.3. The van der Waals surface area contributed by atoms with Crippen LogP contribution < -0.4 is 5.73 Å². The first-order valence-electron chi connectivity index (χ1n) is 7.17. The summed E-state index contributed by atoms with van der Waals surface area (Å²) in [6, 6.07) is 15.0. The van der Waals surface area contributed by atoms with Crippen LogP contribution in [0.3, 0.4) is 0 Å². The molecule has 1 aromatic carbocycles. The van der Waals surface area contributed by atoms with Crippen molar-refractivity contribution in [1.29, 1.82) is 0 Å². The molecule has 3 nitrogen and oxygen atoms in total. The van der Waals surface area contributed by atoms with Crippen LogP contribution in [-0.2, 0) is 6.54 Å². The van der Waals surface area contributed by atoms with Gasteiger partial charge >= 0.3 is 0 Å². The van der Waals surface area contributed by atoms with Gasteiger partial charge in [0.2, 0.25) is 0 Å². The highest BCUT2D eigenvalue weighted by atomic mass is 15.2. The highest BCUT2D eigenvalue weighted by Crippen LogP contribution is 2.27. The molecule has 1 saturated heterocycles. The Kier molecular flexibility index (Phi) is 3.81. The highest BCUT2D eigenvalue weighted by molar-refractivity contribution is 5.23. The third-order valence-corrected chi connectivity index (χ3v) is 4.03. The molecule has 2 heterocycles. The summed E-state index contributed by atoms with van der Waals surface area (Å²) in [4.78, 5) is 6.88. The molecule has 2 atom stereocenters. The molecule has 1 aliphatic heterocycles. The lowest BCUT2D eigenvalue weighted by atomic mass is 9.95. The number of aromatic nitrogens is 1. The first-order valence-corrected chi connectivity index (χ1v) is 7.17. The number of aryl methyl sites for hydroxylation is 1. The van der Waals surface area contributed by atoms with Crippen LogP contribution >= 0.6 is 0 Å². The second-order valence-electron chi connectivity index (χ2n) is 5.70. The fourth-order valence-electron chi connectivity index (χ4n) is 2.92. The minimum atomic E-state index is 0.211. The summed E-state index contributed by atoms with van der Waals surface area (Å²) in [5.74, 6) is 0.432. The van der Waals surface area contributed by atoms with Crippen LogP contribution in [-0.4, -0.2) is 29.0 Å². The Labute approximate surface area is 120 Å². The van der Waals surface area contributed by atoms with Crippen molar-refractivity contribution in [2.75, 3.05) is 13.1 Å². The van der Waals surface area contributed by atoms with Gasteiger partial charge in [0.25, 0.3) is 0 Å². The van der Waals surface area contributed by atoms with Crippen LogP contribution in [0.1, 0.15) is 22.7 Å². The van der Waals surface area contributed by atoms with Crippen molar-refractivity contribution in [3.05, 3.63) is 65.5 Å². The topological polar surface area (TPSA) is 42.1 Å². The smallest absolute Gasteiger partial charge is 0.0544 e. The van der Waals surface area contributed by atoms with E-state index in [0.29, 0.717) is 5.92 Å². The van der Waals surface area contributed by atoms with E-state index in [1.165, 1.54) is 11.1 Å². The van der Waals surface area contributed by atoms with Crippen LogP contribution in [0.15, 0.2) is 48.7 Å². The van der Waals surface area contributed by atoms with Gasteiger partial charge < -0.3 is 5.73 Å². The molecular weight excluding hydrogens is 246 g/mol. The molecule has 0 spiro atoms. The molecule has 2 aromatic rings.